The third-order valence-corrected chi connectivity index (χ3v) is 1.69. The molecule has 0 aliphatic carbocycles. The van der Waals surface area contributed by atoms with Crippen LogP contribution in [0.2, 0.25) is 0 Å². The lowest BCUT2D eigenvalue weighted by Gasteiger charge is -2.07. The Morgan fingerprint density at radius 2 is 2.29 bits per heavy atom. The lowest BCUT2D eigenvalue weighted by molar-refractivity contribution is 0.111. The number of aryl methyl sites for hydroxylation is 1. The van der Waals surface area contributed by atoms with Crippen molar-refractivity contribution in [1.82, 2.24) is 0 Å². The molecule has 0 radical (unpaired) electrons. The maximum Gasteiger partial charge on any atom is 0.175 e. The van der Waals surface area contributed by atoms with Gasteiger partial charge in [-0.3, -0.25) is 4.79 Å². The van der Waals surface area contributed by atoms with Crippen molar-refractivity contribution in [3.63, 3.8) is 0 Å². The molecule has 1 N–H and O–H groups in total. The van der Waals surface area contributed by atoms with Crippen LogP contribution in [0.1, 0.15) is 15.9 Å². The van der Waals surface area contributed by atoms with Crippen LogP contribution in [0.25, 0.3) is 0 Å². The van der Waals surface area contributed by atoms with Gasteiger partial charge < -0.3 is 9.84 Å². The largest absolute Gasteiger partial charge is 0.488 e. The van der Waals surface area contributed by atoms with Gasteiger partial charge in [-0.2, -0.15) is 0 Å². The molecule has 0 aliphatic rings. The van der Waals surface area contributed by atoms with Gasteiger partial charge in [-0.15, -0.1) is 0 Å². The van der Waals surface area contributed by atoms with Crippen LogP contribution in [0, 0.1) is 12.7 Å². The molecule has 0 heterocycles. The van der Waals surface area contributed by atoms with Crippen molar-refractivity contribution in [3.8, 4) is 5.75 Å². The summed E-state index contributed by atoms with van der Waals surface area (Å²) in [6.07, 6.45) is 0.439. The van der Waals surface area contributed by atoms with Crippen LogP contribution in [0.4, 0.5) is 4.39 Å². The summed E-state index contributed by atoms with van der Waals surface area (Å²) in [7, 11) is 0. The highest BCUT2D eigenvalue weighted by atomic mass is 19.1. The first-order valence-corrected chi connectivity index (χ1v) is 4.18. The van der Waals surface area contributed by atoms with E-state index in [0.29, 0.717) is 6.29 Å². The number of ether oxygens (including phenoxy) is 1. The Hall–Kier alpha value is -1.42. The first-order valence-electron chi connectivity index (χ1n) is 4.18. The molecule has 0 saturated heterocycles. The quantitative estimate of drug-likeness (QED) is 0.742. The van der Waals surface area contributed by atoms with E-state index >= 15 is 0 Å². The molecule has 0 fully saturated rings. The normalized spacial score (nSPS) is 9.93. The van der Waals surface area contributed by atoms with Crippen LogP contribution < -0.4 is 4.74 Å². The van der Waals surface area contributed by atoms with Crippen LogP contribution in [-0.2, 0) is 0 Å². The van der Waals surface area contributed by atoms with E-state index in [2.05, 4.69) is 0 Å². The topological polar surface area (TPSA) is 46.5 Å². The predicted octanol–water partition coefficient (Wildman–Crippen LogP) is 1.32. The van der Waals surface area contributed by atoms with Gasteiger partial charge in [-0.1, -0.05) is 0 Å². The summed E-state index contributed by atoms with van der Waals surface area (Å²) in [6.45, 7) is 1.56. The van der Waals surface area contributed by atoms with Gasteiger partial charge in [0.1, 0.15) is 6.61 Å². The number of halogens is 1. The molecule has 0 unspecified atom stereocenters. The number of hydrogen-bond acceptors (Lipinski definition) is 3. The molecule has 14 heavy (non-hydrogen) atoms. The van der Waals surface area contributed by atoms with Crippen LogP contribution in [-0.4, -0.2) is 24.6 Å². The van der Waals surface area contributed by atoms with Crippen molar-refractivity contribution in [2.45, 2.75) is 6.92 Å². The van der Waals surface area contributed by atoms with Gasteiger partial charge in [0.05, 0.1) is 12.2 Å². The fourth-order valence-corrected chi connectivity index (χ4v) is 1.11. The minimum atomic E-state index is -0.681. The van der Waals surface area contributed by atoms with Crippen LogP contribution >= 0.6 is 0 Å². The highest BCUT2D eigenvalue weighted by Crippen LogP contribution is 2.21. The smallest absolute Gasteiger partial charge is 0.175 e. The number of aliphatic hydroxyl groups excluding tert-OH is 1. The molecular weight excluding hydrogens is 187 g/mol. The molecule has 0 saturated carbocycles. The molecule has 1 rings (SSSR count). The number of carbonyl (C=O) groups excluding carboxylic acids is 1. The van der Waals surface area contributed by atoms with Gasteiger partial charge in [0.25, 0.3) is 0 Å². The fourth-order valence-electron chi connectivity index (χ4n) is 1.11. The maximum atomic E-state index is 13.3. The lowest BCUT2D eigenvalue weighted by Crippen LogP contribution is -2.04. The van der Waals surface area contributed by atoms with Crippen molar-refractivity contribution < 1.29 is 19.0 Å². The van der Waals surface area contributed by atoms with E-state index in [1.54, 1.807) is 6.92 Å². The Balaban J connectivity index is 3.02. The Morgan fingerprint density at radius 1 is 1.57 bits per heavy atom. The summed E-state index contributed by atoms with van der Waals surface area (Å²) < 4.78 is 18.3. The molecule has 76 valence electrons. The predicted molar refractivity (Wildman–Crippen MR) is 49.1 cm³/mol. The van der Waals surface area contributed by atoms with E-state index in [1.807, 2.05) is 0 Å². The molecule has 0 atom stereocenters. The van der Waals surface area contributed by atoms with E-state index in [1.165, 1.54) is 12.1 Å². The molecule has 0 aliphatic heterocycles. The van der Waals surface area contributed by atoms with Crippen LogP contribution in [0.15, 0.2) is 12.1 Å². The Bertz CT molecular complexity index is 336. The second-order valence-corrected chi connectivity index (χ2v) is 2.86. The lowest BCUT2D eigenvalue weighted by atomic mass is 10.1. The zero-order valence-electron chi connectivity index (χ0n) is 7.79. The second-order valence-electron chi connectivity index (χ2n) is 2.86. The monoisotopic (exact) mass is 198 g/mol. The minimum absolute atomic E-state index is 0.00106. The zero-order chi connectivity index (χ0) is 10.6. The standard InChI is InChI=1S/C10H11FO3/c1-7-4-8(6-13)10(11)9(5-7)14-3-2-12/h4-6,12H,2-3H2,1H3. The summed E-state index contributed by atoms with van der Waals surface area (Å²) in [4.78, 5) is 10.5. The number of aliphatic hydroxyl groups is 1. The molecule has 0 aromatic heterocycles. The average Bonchev–Trinajstić information content (AvgIpc) is 2.18. The maximum absolute atomic E-state index is 13.3. The third kappa shape index (κ3) is 2.29. The summed E-state index contributed by atoms with van der Waals surface area (Å²) in [6, 6.07) is 2.92. The number of carbonyl (C=O) groups is 1. The van der Waals surface area contributed by atoms with E-state index in [9.17, 15) is 9.18 Å². The Labute approximate surface area is 81.1 Å². The SMILES string of the molecule is Cc1cc(C=O)c(F)c(OCCO)c1. The summed E-state index contributed by atoms with van der Waals surface area (Å²) >= 11 is 0. The first kappa shape index (κ1) is 10.7. The van der Waals surface area contributed by atoms with Crippen molar-refractivity contribution in [1.29, 1.82) is 0 Å². The summed E-state index contributed by atoms with van der Waals surface area (Å²) in [5.41, 5.74) is 0.708. The van der Waals surface area contributed by atoms with Gasteiger partial charge in [0, 0.05) is 0 Å². The molecule has 0 amide bonds. The molecular formula is C10H11FO3. The Kier molecular flexibility index (Phi) is 3.59. The molecule has 3 nitrogen and oxygen atoms in total. The van der Waals surface area contributed by atoms with Crippen molar-refractivity contribution in [3.05, 3.63) is 29.1 Å². The molecule has 0 spiro atoms. The van der Waals surface area contributed by atoms with E-state index in [-0.39, 0.29) is 24.5 Å². The number of rotatable bonds is 4. The number of hydrogen-bond donors (Lipinski definition) is 1. The minimum Gasteiger partial charge on any atom is -0.488 e. The molecule has 1 aromatic carbocycles. The van der Waals surface area contributed by atoms with Gasteiger partial charge in [0.15, 0.2) is 17.9 Å². The van der Waals surface area contributed by atoms with E-state index in [0.717, 1.165) is 5.56 Å². The van der Waals surface area contributed by atoms with Gasteiger partial charge in [-0.25, -0.2) is 4.39 Å². The van der Waals surface area contributed by atoms with Crippen LogP contribution in [0.3, 0.4) is 0 Å². The highest BCUT2D eigenvalue weighted by Gasteiger charge is 2.09. The van der Waals surface area contributed by atoms with E-state index < -0.39 is 5.82 Å². The van der Waals surface area contributed by atoms with Crippen molar-refractivity contribution >= 4 is 6.29 Å². The first-order chi connectivity index (χ1) is 6.69. The molecule has 0 bridgehead atoms. The summed E-state index contributed by atoms with van der Waals surface area (Å²) in [5, 5.41) is 8.50. The summed E-state index contributed by atoms with van der Waals surface area (Å²) in [5.74, 6) is -0.680. The number of benzene rings is 1. The zero-order valence-corrected chi connectivity index (χ0v) is 7.79. The molecule has 1 aromatic rings. The highest BCUT2D eigenvalue weighted by molar-refractivity contribution is 5.76. The van der Waals surface area contributed by atoms with E-state index in [4.69, 9.17) is 9.84 Å². The average molecular weight is 198 g/mol. The second kappa shape index (κ2) is 4.72. The number of aldehydes is 1. The third-order valence-electron chi connectivity index (χ3n) is 1.69. The van der Waals surface area contributed by atoms with Crippen molar-refractivity contribution in [2.24, 2.45) is 0 Å². The van der Waals surface area contributed by atoms with Gasteiger partial charge in [0.2, 0.25) is 0 Å². The van der Waals surface area contributed by atoms with Crippen LogP contribution in [0.5, 0.6) is 5.75 Å². The van der Waals surface area contributed by atoms with Gasteiger partial charge in [-0.05, 0) is 24.6 Å². The van der Waals surface area contributed by atoms with Gasteiger partial charge >= 0.3 is 0 Å². The Morgan fingerprint density at radius 3 is 2.86 bits per heavy atom. The molecule has 4 heteroatoms. The van der Waals surface area contributed by atoms with Crippen molar-refractivity contribution in [2.75, 3.05) is 13.2 Å². The fraction of sp³-hybridized carbons (Fsp3) is 0.300.